The SMILES string of the molecule is CCCC1CC(NCCn2ccnc2)CCO1. The molecule has 2 rings (SSSR count). The predicted octanol–water partition coefficient (Wildman–Crippen LogP) is 1.82. The highest BCUT2D eigenvalue weighted by atomic mass is 16.5. The molecule has 1 aliphatic heterocycles. The minimum Gasteiger partial charge on any atom is -0.378 e. The lowest BCUT2D eigenvalue weighted by Gasteiger charge is -2.30. The van der Waals surface area contributed by atoms with Crippen molar-refractivity contribution in [1.29, 1.82) is 0 Å². The lowest BCUT2D eigenvalue weighted by atomic mass is 10.0. The van der Waals surface area contributed by atoms with Gasteiger partial charge in [0.05, 0.1) is 12.4 Å². The minimum atomic E-state index is 0.472. The normalized spacial score (nSPS) is 25.0. The van der Waals surface area contributed by atoms with Gasteiger partial charge in [-0.05, 0) is 19.3 Å². The van der Waals surface area contributed by atoms with E-state index in [0.29, 0.717) is 12.1 Å². The van der Waals surface area contributed by atoms with Crippen LogP contribution in [0.25, 0.3) is 0 Å². The van der Waals surface area contributed by atoms with Crippen molar-refractivity contribution in [1.82, 2.24) is 14.9 Å². The minimum absolute atomic E-state index is 0.472. The zero-order chi connectivity index (χ0) is 11.9. The zero-order valence-corrected chi connectivity index (χ0v) is 10.6. The summed E-state index contributed by atoms with van der Waals surface area (Å²) in [6.07, 6.45) is 10.9. The Labute approximate surface area is 103 Å². The highest BCUT2D eigenvalue weighted by Gasteiger charge is 2.21. The fourth-order valence-electron chi connectivity index (χ4n) is 2.41. The first-order valence-corrected chi connectivity index (χ1v) is 6.69. The lowest BCUT2D eigenvalue weighted by Crippen LogP contribution is -2.40. The molecule has 1 aromatic rings. The Bertz CT molecular complexity index is 298. The molecule has 0 saturated carbocycles. The first-order chi connectivity index (χ1) is 8.38. The molecule has 0 bridgehead atoms. The number of hydrogen-bond donors (Lipinski definition) is 1. The molecular formula is C13H23N3O. The van der Waals surface area contributed by atoms with E-state index in [9.17, 15) is 0 Å². The van der Waals surface area contributed by atoms with Gasteiger partial charge in [-0.1, -0.05) is 13.3 Å². The highest BCUT2D eigenvalue weighted by Crippen LogP contribution is 2.17. The molecule has 0 spiro atoms. The van der Waals surface area contributed by atoms with Crippen LogP contribution in [-0.4, -0.2) is 34.8 Å². The molecule has 1 aromatic heterocycles. The van der Waals surface area contributed by atoms with Gasteiger partial charge in [0.1, 0.15) is 0 Å². The molecule has 2 heterocycles. The molecule has 0 aromatic carbocycles. The molecule has 4 heteroatoms. The third kappa shape index (κ3) is 4.13. The molecule has 2 atom stereocenters. The average molecular weight is 237 g/mol. The van der Waals surface area contributed by atoms with Gasteiger partial charge in [-0.25, -0.2) is 4.98 Å². The van der Waals surface area contributed by atoms with Crippen molar-refractivity contribution in [3.63, 3.8) is 0 Å². The van der Waals surface area contributed by atoms with Crippen LogP contribution in [0, 0.1) is 0 Å². The fraction of sp³-hybridized carbons (Fsp3) is 0.769. The quantitative estimate of drug-likeness (QED) is 0.820. The summed E-state index contributed by atoms with van der Waals surface area (Å²) in [5.74, 6) is 0. The van der Waals surface area contributed by atoms with Crippen LogP contribution in [0.2, 0.25) is 0 Å². The number of aromatic nitrogens is 2. The molecule has 0 radical (unpaired) electrons. The summed E-state index contributed by atoms with van der Waals surface area (Å²) in [5.41, 5.74) is 0. The summed E-state index contributed by atoms with van der Waals surface area (Å²) in [7, 11) is 0. The maximum Gasteiger partial charge on any atom is 0.0946 e. The Kier molecular flexibility index (Phi) is 5.01. The van der Waals surface area contributed by atoms with Crippen LogP contribution >= 0.6 is 0 Å². The van der Waals surface area contributed by atoms with E-state index in [1.54, 1.807) is 0 Å². The Balaban J connectivity index is 1.65. The van der Waals surface area contributed by atoms with Crippen LogP contribution in [0.15, 0.2) is 18.7 Å². The smallest absolute Gasteiger partial charge is 0.0946 e. The maximum atomic E-state index is 5.75. The summed E-state index contributed by atoms with van der Waals surface area (Å²) in [6, 6.07) is 0.629. The number of imidazole rings is 1. The zero-order valence-electron chi connectivity index (χ0n) is 10.6. The third-order valence-corrected chi connectivity index (χ3v) is 3.34. The lowest BCUT2D eigenvalue weighted by molar-refractivity contribution is -0.00317. The molecule has 0 amide bonds. The van der Waals surface area contributed by atoms with E-state index in [1.807, 2.05) is 18.7 Å². The van der Waals surface area contributed by atoms with Gasteiger partial charge >= 0.3 is 0 Å². The molecule has 17 heavy (non-hydrogen) atoms. The number of rotatable bonds is 6. The number of hydrogen-bond acceptors (Lipinski definition) is 3. The summed E-state index contributed by atoms with van der Waals surface area (Å²) >= 11 is 0. The van der Waals surface area contributed by atoms with Gasteiger partial charge in [-0.15, -0.1) is 0 Å². The Morgan fingerprint density at radius 3 is 3.24 bits per heavy atom. The van der Waals surface area contributed by atoms with Gasteiger partial charge in [0.2, 0.25) is 0 Å². The molecule has 1 saturated heterocycles. The Morgan fingerprint density at radius 2 is 2.47 bits per heavy atom. The van der Waals surface area contributed by atoms with Crippen molar-refractivity contribution in [3.05, 3.63) is 18.7 Å². The van der Waals surface area contributed by atoms with Gasteiger partial charge < -0.3 is 14.6 Å². The molecule has 2 unspecified atom stereocenters. The Hall–Kier alpha value is -0.870. The predicted molar refractivity (Wildman–Crippen MR) is 67.9 cm³/mol. The first-order valence-electron chi connectivity index (χ1n) is 6.69. The number of nitrogens with one attached hydrogen (secondary N) is 1. The molecule has 0 aliphatic carbocycles. The summed E-state index contributed by atoms with van der Waals surface area (Å²) < 4.78 is 7.85. The van der Waals surface area contributed by atoms with E-state index in [4.69, 9.17) is 4.74 Å². The topological polar surface area (TPSA) is 39.1 Å². The number of nitrogens with zero attached hydrogens (tertiary/aromatic N) is 2. The van der Waals surface area contributed by atoms with Crippen molar-refractivity contribution in [2.75, 3.05) is 13.2 Å². The van der Waals surface area contributed by atoms with Crippen LogP contribution in [0.4, 0.5) is 0 Å². The van der Waals surface area contributed by atoms with Crippen LogP contribution in [-0.2, 0) is 11.3 Å². The van der Waals surface area contributed by atoms with Gasteiger partial charge in [-0.2, -0.15) is 0 Å². The van der Waals surface area contributed by atoms with Crippen molar-refractivity contribution >= 4 is 0 Å². The van der Waals surface area contributed by atoms with Crippen molar-refractivity contribution in [3.8, 4) is 0 Å². The maximum absolute atomic E-state index is 5.75. The van der Waals surface area contributed by atoms with E-state index < -0.39 is 0 Å². The van der Waals surface area contributed by atoms with Gasteiger partial charge in [0.25, 0.3) is 0 Å². The van der Waals surface area contributed by atoms with Gasteiger partial charge in [0, 0.05) is 38.1 Å². The van der Waals surface area contributed by atoms with Crippen LogP contribution in [0.1, 0.15) is 32.6 Å². The van der Waals surface area contributed by atoms with Crippen LogP contribution in [0.5, 0.6) is 0 Å². The summed E-state index contributed by atoms with van der Waals surface area (Å²) in [4.78, 5) is 4.04. The molecule has 4 nitrogen and oxygen atoms in total. The molecule has 1 aliphatic rings. The summed E-state index contributed by atoms with van der Waals surface area (Å²) in [5, 5.41) is 3.62. The van der Waals surface area contributed by atoms with Gasteiger partial charge in [0.15, 0.2) is 0 Å². The van der Waals surface area contributed by atoms with E-state index >= 15 is 0 Å². The van der Waals surface area contributed by atoms with E-state index in [0.717, 1.165) is 32.5 Å². The first kappa shape index (κ1) is 12.6. The van der Waals surface area contributed by atoms with Crippen molar-refractivity contribution < 1.29 is 4.74 Å². The second kappa shape index (κ2) is 6.77. The van der Waals surface area contributed by atoms with Crippen LogP contribution < -0.4 is 5.32 Å². The van der Waals surface area contributed by atoms with Crippen molar-refractivity contribution in [2.24, 2.45) is 0 Å². The van der Waals surface area contributed by atoms with Gasteiger partial charge in [-0.3, -0.25) is 0 Å². The molecule has 96 valence electrons. The third-order valence-electron chi connectivity index (χ3n) is 3.34. The highest BCUT2D eigenvalue weighted by molar-refractivity contribution is 4.78. The number of ether oxygens (including phenoxy) is 1. The van der Waals surface area contributed by atoms with Crippen LogP contribution in [0.3, 0.4) is 0 Å². The fourth-order valence-corrected chi connectivity index (χ4v) is 2.41. The molecule has 1 N–H and O–H groups in total. The van der Waals surface area contributed by atoms with Crippen molar-refractivity contribution in [2.45, 2.75) is 51.3 Å². The second-order valence-corrected chi connectivity index (χ2v) is 4.76. The van der Waals surface area contributed by atoms with E-state index in [2.05, 4.69) is 21.8 Å². The van der Waals surface area contributed by atoms with E-state index in [1.165, 1.54) is 12.8 Å². The second-order valence-electron chi connectivity index (χ2n) is 4.76. The standard InChI is InChI=1S/C13H23N3O/c1-2-3-13-10-12(4-9-17-13)15-6-8-16-7-5-14-11-16/h5,7,11-13,15H,2-4,6,8-10H2,1H3. The molecule has 1 fully saturated rings. The largest absolute Gasteiger partial charge is 0.378 e. The Morgan fingerprint density at radius 1 is 1.53 bits per heavy atom. The molecular weight excluding hydrogens is 214 g/mol. The van der Waals surface area contributed by atoms with E-state index in [-0.39, 0.29) is 0 Å². The summed E-state index contributed by atoms with van der Waals surface area (Å²) in [6.45, 7) is 5.14. The monoisotopic (exact) mass is 237 g/mol. The average Bonchev–Trinajstić information content (AvgIpc) is 2.83.